The Labute approximate surface area is 222 Å². The lowest BCUT2D eigenvalue weighted by Gasteiger charge is -2.14. The maximum atomic E-state index is 12.3. The van der Waals surface area contributed by atoms with Crippen LogP contribution in [-0.2, 0) is 35.5 Å². The molecule has 3 rings (SSSR count). The second kappa shape index (κ2) is 15.0. The van der Waals surface area contributed by atoms with Crippen molar-refractivity contribution in [3.05, 3.63) is 89.0 Å². The molecular formula is C29H37NO6S. The normalized spacial score (nSPS) is 13.0. The van der Waals surface area contributed by atoms with Gasteiger partial charge in [0.2, 0.25) is 0 Å². The second-order valence-corrected chi connectivity index (χ2v) is 11.1. The van der Waals surface area contributed by atoms with E-state index in [1.54, 1.807) is 12.1 Å². The molecule has 0 amide bonds. The van der Waals surface area contributed by atoms with Crippen LogP contribution in [0.2, 0.25) is 0 Å². The van der Waals surface area contributed by atoms with Gasteiger partial charge < -0.3 is 34.7 Å². The van der Waals surface area contributed by atoms with Gasteiger partial charge in [0, 0.05) is 12.1 Å². The molecular weight excluding hydrogens is 490 g/mol. The zero-order valence-corrected chi connectivity index (χ0v) is 22.2. The van der Waals surface area contributed by atoms with Crippen molar-refractivity contribution in [2.24, 2.45) is 0 Å². The summed E-state index contributed by atoms with van der Waals surface area (Å²) in [7, 11) is 0. The molecule has 7 nitrogen and oxygen atoms in total. The van der Waals surface area contributed by atoms with E-state index in [0.29, 0.717) is 44.0 Å². The van der Waals surface area contributed by atoms with Crippen molar-refractivity contribution in [2.75, 3.05) is 26.3 Å². The smallest absolute Gasteiger partial charge is 0.153 e. The summed E-state index contributed by atoms with van der Waals surface area (Å²) in [5.41, 5.74) is 3.19. The third-order valence-corrected chi connectivity index (χ3v) is 7.41. The molecule has 8 heteroatoms. The molecule has 0 aromatic heterocycles. The van der Waals surface area contributed by atoms with Crippen molar-refractivity contribution in [1.82, 2.24) is 5.32 Å². The fourth-order valence-corrected chi connectivity index (χ4v) is 4.75. The maximum Gasteiger partial charge on any atom is 0.153 e. The SMILES string of the molecule is CC(C)[S+]([O-])c1cccc(COCCOc2ccc(CCNC[C@H](O)c3ccc(O)c(CO)c3)cc2)c1. The quantitative estimate of drug-likeness (QED) is 0.175. The highest BCUT2D eigenvalue weighted by Crippen LogP contribution is 2.22. The van der Waals surface area contributed by atoms with Crippen LogP contribution in [0.1, 0.15) is 42.2 Å². The topological polar surface area (TPSA) is 114 Å². The minimum atomic E-state index is -1.01. The predicted molar refractivity (Wildman–Crippen MR) is 145 cm³/mol. The minimum Gasteiger partial charge on any atom is -0.611 e. The average Bonchev–Trinajstić information content (AvgIpc) is 2.91. The highest BCUT2D eigenvalue weighted by atomic mass is 32.2. The van der Waals surface area contributed by atoms with Gasteiger partial charge in [0.15, 0.2) is 4.90 Å². The van der Waals surface area contributed by atoms with Gasteiger partial charge >= 0.3 is 0 Å². The Morgan fingerprint density at radius 3 is 2.49 bits per heavy atom. The van der Waals surface area contributed by atoms with Crippen LogP contribution >= 0.6 is 0 Å². The Morgan fingerprint density at radius 2 is 1.76 bits per heavy atom. The fraction of sp³-hybridized carbons (Fsp3) is 0.379. The summed E-state index contributed by atoms with van der Waals surface area (Å²) in [5, 5.41) is 32.6. The predicted octanol–water partition coefficient (Wildman–Crippen LogP) is 3.86. The van der Waals surface area contributed by atoms with E-state index in [1.807, 2.05) is 62.4 Å². The maximum absolute atomic E-state index is 12.3. The molecule has 0 saturated carbocycles. The summed E-state index contributed by atoms with van der Waals surface area (Å²) in [6.45, 7) is 6.02. The number of ether oxygens (including phenoxy) is 2. The number of hydrogen-bond donors (Lipinski definition) is 4. The first-order valence-electron chi connectivity index (χ1n) is 12.5. The van der Waals surface area contributed by atoms with Crippen molar-refractivity contribution in [2.45, 2.75) is 49.7 Å². The number of aromatic hydroxyl groups is 1. The standard InChI is InChI=1S/C29H37NO6S/c1-21(2)37(34)27-5-3-4-23(16-27)20-35-14-15-36-26-9-6-22(7-10-26)12-13-30-18-29(33)24-8-11-28(32)25(17-24)19-31/h3-11,16-17,21,29-33H,12-15,18-20H2,1-2H3/t29-,37?/m0/s1. The molecule has 37 heavy (non-hydrogen) atoms. The molecule has 0 spiro atoms. The Kier molecular flexibility index (Phi) is 11.7. The van der Waals surface area contributed by atoms with Crippen LogP contribution in [0.4, 0.5) is 0 Å². The molecule has 0 heterocycles. The van der Waals surface area contributed by atoms with E-state index in [0.717, 1.165) is 28.2 Å². The molecule has 4 N–H and O–H groups in total. The van der Waals surface area contributed by atoms with E-state index in [-0.39, 0.29) is 17.6 Å². The van der Waals surface area contributed by atoms with Gasteiger partial charge in [-0.1, -0.05) is 30.3 Å². The Hall–Kier alpha value is -2.59. The molecule has 0 aliphatic heterocycles. The van der Waals surface area contributed by atoms with Crippen molar-refractivity contribution in [1.29, 1.82) is 0 Å². The number of benzene rings is 3. The molecule has 1 unspecified atom stereocenters. The molecule has 0 saturated heterocycles. The van der Waals surface area contributed by atoms with E-state index in [4.69, 9.17) is 9.47 Å². The minimum absolute atomic E-state index is 0.0221. The summed E-state index contributed by atoms with van der Waals surface area (Å²) < 4.78 is 23.7. The lowest BCUT2D eigenvalue weighted by Crippen LogP contribution is -2.23. The van der Waals surface area contributed by atoms with Crippen molar-refractivity contribution >= 4 is 11.2 Å². The van der Waals surface area contributed by atoms with Crippen molar-refractivity contribution in [3.63, 3.8) is 0 Å². The third-order valence-electron chi connectivity index (χ3n) is 5.83. The van der Waals surface area contributed by atoms with Gasteiger partial charge in [-0.25, -0.2) is 0 Å². The molecule has 0 radical (unpaired) electrons. The molecule has 3 aromatic rings. The number of rotatable bonds is 15. The van der Waals surface area contributed by atoms with E-state index < -0.39 is 17.3 Å². The van der Waals surface area contributed by atoms with Gasteiger partial charge in [0.05, 0.1) is 25.9 Å². The molecule has 200 valence electrons. The number of nitrogens with one attached hydrogen (secondary N) is 1. The zero-order valence-electron chi connectivity index (χ0n) is 21.4. The van der Waals surface area contributed by atoms with Crippen LogP contribution in [0.5, 0.6) is 11.5 Å². The molecule has 3 aromatic carbocycles. The van der Waals surface area contributed by atoms with Crippen LogP contribution < -0.4 is 10.1 Å². The molecule has 2 atom stereocenters. The zero-order chi connectivity index (χ0) is 26.6. The van der Waals surface area contributed by atoms with Gasteiger partial charge in [-0.2, -0.15) is 0 Å². The van der Waals surface area contributed by atoms with Crippen LogP contribution in [0.3, 0.4) is 0 Å². The lowest BCUT2D eigenvalue weighted by molar-refractivity contribution is 0.0888. The lowest BCUT2D eigenvalue weighted by atomic mass is 10.1. The summed E-state index contributed by atoms with van der Waals surface area (Å²) >= 11 is -1.01. The Morgan fingerprint density at radius 1 is 0.973 bits per heavy atom. The van der Waals surface area contributed by atoms with Crippen molar-refractivity contribution < 1.29 is 29.3 Å². The van der Waals surface area contributed by atoms with Gasteiger partial charge in [0.25, 0.3) is 0 Å². The Balaban J connectivity index is 1.31. The van der Waals surface area contributed by atoms with E-state index in [9.17, 15) is 19.9 Å². The van der Waals surface area contributed by atoms with Gasteiger partial charge in [-0.3, -0.25) is 0 Å². The first-order valence-corrected chi connectivity index (χ1v) is 13.7. The average molecular weight is 528 g/mol. The number of aliphatic hydroxyl groups is 2. The number of phenols is 1. The first-order chi connectivity index (χ1) is 17.9. The monoisotopic (exact) mass is 527 g/mol. The van der Waals surface area contributed by atoms with E-state index in [1.165, 1.54) is 6.07 Å². The van der Waals surface area contributed by atoms with E-state index >= 15 is 0 Å². The number of hydrogen-bond acceptors (Lipinski definition) is 7. The molecule has 0 aliphatic carbocycles. The van der Waals surface area contributed by atoms with Crippen LogP contribution in [0.15, 0.2) is 71.6 Å². The van der Waals surface area contributed by atoms with Crippen molar-refractivity contribution in [3.8, 4) is 11.5 Å². The van der Waals surface area contributed by atoms with Gasteiger partial charge in [0.1, 0.15) is 23.4 Å². The largest absolute Gasteiger partial charge is 0.611 e. The summed E-state index contributed by atoms with van der Waals surface area (Å²) in [5.74, 6) is 0.797. The first kappa shape index (κ1) is 29.0. The summed E-state index contributed by atoms with van der Waals surface area (Å²) in [6.07, 6.45) is 0.0747. The van der Waals surface area contributed by atoms with Crippen LogP contribution in [0.25, 0.3) is 0 Å². The fourth-order valence-electron chi connectivity index (χ4n) is 3.72. The molecule has 0 bridgehead atoms. The van der Waals surface area contributed by atoms with Gasteiger partial charge in [-0.15, -0.1) is 0 Å². The highest BCUT2D eigenvalue weighted by Gasteiger charge is 2.15. The van der Waals surface area contributed by atoms with Crippen LogP contribution in [0, 0.1) is 0 Å². The van der Waals surface area contributed by atoms with Gasteiger partial charge in [-0.05, 0) is 91.1 Å². The summed E-state index contributed by atoms with van der Waals surface area (Å²) in [6, 6.07) is 20.3. The molecule has 0 aliphatic rings. The highest BCUT2D eigenvalue weighted by molar-refractivity contribution is 7.92. The third kappa shape index (κ3) is 9.34. The van der Waals surface area contributed by atoms with E-state index in [2.05, 4.69) is 5.32 Å². The van der Waals surface area contributed by atoms with Crippen LogP contribution in [-0.4, -0.2) is 51.4 Å². The second-order valence-electron chi connectivity index (χ2n) is 9.05. The Bertz CT molecular complexity index is 1090. The number of aliphatic hydroxyl groups excluding tert-OH is 2. The molecule has 0 fully saturated rings. The summed E-state index contributed by atoms with van der Waals surface area (Å²) in [4.78, 5) is 0.827.